The highest BCUT2D eigenvalue weighted by Crippen LogP contribution is 2.40. The number of aryl methyl sites for hydroxylation is 1. The van der Waals surface area contributed by atoms with Crippen LogP contribution in [0.5, 0.6) is 0 Å². The van der Waals surface area contributed by atoms with E-state index in [0.717, 1.165) is 49.7 Å². The van der Waals surface area contributed by atoms with Crippen molar-refractivity contribution in [1.82, 2.24) is 0 Å². The maximum absolute atomic E-state index is 6.43. The van der Waals surface area contributed by atoms with Crippen LogP contribution in [0, 0.1) is 0 Å². The Morgan fingerprint density at radius 1 is 0.731 bits per heavy atom. The molecule has 0 amide bonds. The lowest BCUT2D eigenvalue weighted by Gasteiger charge is -2.20. The van der Waals surface area contributed by atoms with Crippen molar-refractivity contribution < 1.29 is 0 Å². The van der Waals surface area contributed by atoms with Gasteiger partial charge in [-0.1, -0.05) is 89.4 Å². The fraction of sp³-hybridized carbons (Fsp3) is 0.400. The first kappa shape index (κ1) is 22.5. The molecular weight excluding hydrogens is 453 g/mol. The Morgan fingerprint density at radius 3 is 2.08 bits per heavy atom. The number of benzene rings is 2. The summed E-state index contributed by atoms with van der Waals surface area (Å²) in [4.78, 5) is 0. The Labute approximate surface area is 185 Å². The highest BCUT2D eigenvalue weighted by Gasteiger charge is 2.19. The van der Waals surface area contributed by atoms with Crippen molar-refractivity contribution in [3.8, 4) is 0 Å². The summed E-state index contributed by atoms with van der Waals surface area (Å²) >= 11 is 37.3. The molecule has 0 aliphatic heterocycles. The average Bonchev–Trinajstić information content (AvgIpc) is 2.59. The fourth-order valence-electron chi connectivity index (χ4n) is 3.16. The van der Waals surface area contributed by atoms with Gasteiger partial charge in [-0.25, -0.2) is 0 Å². The van der Waals surface area contributed by atoms with Crippen LogP contribution in [0.2, 0.25) is 30.1 Å². The summed E-state index contributed by atoms with van der Waals surface area (Å²) < 4.78 is 0. The Bertz CT molecular complexity index is 756. The molecule has 1 atom stereocenters. The molecule has 0 saturated carbocycles. The minimum absolute atomic E-state index is 0.294. The van der Waals surface area contributed by atoms with Gasteiger partial charge in [0.15, 0.2) is 0 Å². The van der Waals surface area contributed by atoms with Crippen LogP contribution in [0.4, 0.5) is 0 Å². The lowest BCUT2D eigenvalue weighted by molar-refractivity contribution is 0.532. The van der Waals surface area contributed by atoms with Gasteiger partial charge in [-0.2, -0.15) is 0 Å². The number of halogens is 6. The summed E-state index contributed by atoms with van der Waals surface area (Å²) in [6.45, 7) is 2.16. The summed E-state index contributed by atoms with van der Waals surface area (Å²) in [6, 6.07) is 7.11. The molecule has 0 heterocycles. The van der Waals surface area contributed by atoms with E-state index in [4.69, 9.17) is 69.6 Å². The topological polar surface area (TPSA) is 0 Å². The molecule has 2 aromatic carbocycles. The predicted octanol–water partition coefficient (Wildman–Crippen LogP) is 9.90. The molecule has 2 aromatic rings. The van der Waals surface area contributed by atoms with Gasteiger partial charge in [-0.3, -0.25) is 0 Å². The third-order valence-corrected chi connectivity index (χ3v) is 6.69. The molecule has 0 aromatic heterocycles. The lowest BCUT2D eigenvalue weighted by atomic mass is 9.89. The van der Waals surface area contributed by atoms with Gasteiger partial charge >= 0.3 is 0 Å². The van der Waals surface area contributed by atoms with Crippen LogP contribution < -0.4 is 0 Å². The van der Waals surface area contributed by atoms with Crippen LogP contribution in [0.1, 0.15) is 56.1 Å². The normalized spacial score (nSPS) is 12.4. The number of hydrogen-bond acceptors (Lipinski definition) is 0. The Kier molecular flexibility index (Phi) is 9.20. The Morgan fingerprint density at radius 2 is 1.38 bits per heavy atom. The number of rotatable bonds is 8. The maximum Gasteiger partial charge on any atom is 0.0641 e. The second-order valence-electron chi connectivity index (χ2n) is 6.35. The van der Waals surface area contributed by atoms with Gasteiger partial charge in [-0.15, -0.1) is 0 Å². The second kappa shape index (κ2) is 10.6. The van der Waals surface area contributed by atoms with Crippen molar-refractivity contribution >= 4 is 69.6 Å². The van der Waals surface area contributed by atoms with Crippen molar-refractivity contribution in [3.63, 3.8) is 0 Å². The van der Waals surface area contributed by atoms with E-state index in [2.05, 4.69) is 6.92 Å². The third kappa shape index (κ3) is 5.84. The zero-order valence-corrected chi connectivity index (χ0v) is 18.9. The van der Waals surface area contributed by atoms with E-state index in [-0.39, 0.29) is 0 Å². The van der Waals surface area contributed by atoms with E-state index in [0.29, 0.717) is 36.1 Å². The Hall–Kier alpha value is 0.180. The molecule has 2 rings (SSSR count). The average molecular weight is 473 g/mol. The van der Waals surface area contributed by atoms with Crippen molar-refractivity contribution in [2.75, 3.05) is 0 Å². The molecule has 0 saturated heterocycles. The van der Waals surface area contributed by atoms with E-state index >= 15 is 0 Å². The van der Waals surface area contributed by atoms with Gasteiger partial charge in [-0.05, 0) is 67.0 Å². The summed E-state index contributed by atoms with van der Waals surface area (Å²) in [5, 5.41) is 3.48. The van der Waals surface area contributed by atoms with Crippen LogP contribution in [-0.4, -0.2) is 0 Å². The van der Waals surface area contributed by atoms with Crippen LogP contribution >= 0.6 is 69.6 Å². The zero-order chi connectivity index (χ0) is 19.3. The molecule has 0 nitrogen and oxygen atoms in total. The quantitative estimate of drug-likeness (QED) is 0.265. The SMILES string of the molecule is CCCC(CCCCc1cc(Cl)c(Cl)cc1Cl)c1c(Cl)ccc(Cl)c1Cl. The van der Waals surface area contributed by atoms with Gasteiger partial charge in [0, 0.05) is 10.0 Å². The van der Waals surface area contributed by atoms with E-state index < -0.39 is 0 Å². The summed E-state index contributed by atoms with van der Waals surface area (Å²) in [6.07, 6.45) is 5.95. The molecular formula is C20H20Cl6. The zero-order valence-electron chi connectivity index (χ0n) is 14.4. The monoisotopic (exact) mass is 470 g/mol. The van der Waals surface area contributed by atoms with Gasteiger partial charge in [0.05, 0.1) is 20.1 Å². The minimum atomic E-state index is 0.294. The van der Waals surface area contributed by atoms with Crippen molar-refractivity contribution in [2.45, 2.75) is 51.4 Å². The van der Waals surface area contributed by atoms with E-state index in [1.54, 1.807) is 12.1 Å². The molecule has 0 radical (unpaired) electrons. The van der Waals surface area contributed by atoms with Gasteiger partial charge in [0.2, 0.25) is 0 Å². The highest BCUT2D eigenvalue weighted by atomic mass is 35.5. The summed E-state index contributed by atoms with van der Waals surface area (Å²) in [7, 11) is 0. The highest BCUT2D eigenvalue weighted by molar-refractivity contribution is 6.44. The van der Waals surface area contributed by atoms with E-state index in [9.17, 15) is 0 Å². The predicted molar refractivity (Wildman–Crippen MR) is 118 cm³/mol. The molecule has 0 spiro atoms. The second-order valence-corrected chi connectivity index (χ2v) is 8.76. The molecule has 26 heavy (non-hydrogen) atoms. The van der Waals surface area contributed by atoms with Gasteiger partial charge < -0.3 is 0 Å². The third-order valence-electron chi connectivity index (χ3n) is 4.46. The first-order chi connectivity index (χ1) is 12.3. The van der Waals surface area contributed by atoms with Crippen LogP contribution in [0.25, 0.3) is 0 Å². The fourth-order valence-corrected chi connectivity index (χ4v) is 4.67. The van der Waals surface area contributed by atoms with Crippen LogP contribution in [0.15, 0.2) is 24.3 Å². The van der Waals surface area contributed by atoms with Crippen LogP contribution in [-0.2, 0) is 6.42 Å². The van der Waals surface area contributed by atoms with Gasteiger partial charge in [0.1, 0.15) is 0 Å². The molecule has 0 N–H and O–H groups in total. The lowest BCUT2D eigenvalue weighted by Crippen LogP contribution is -2.02. The molecule has 0 aliphatic rings. The molecule has 1 unspecified atom stereocenters. The van der Waals surface area contributed by atoms with E-state index in [1.807, 2.05) is 12.1 Å². The molecule has 0 aliphatic carbocycles. The number of hydrogen-bond donors (Lipinski definition) is 0. The van der Waals surface area contributed by atoms with Gasteiger partial charge in [0.25, 0.3) is 0 Å². The standard InChI is InChI=1S/C20H20Cl6/c1-2-5-12(19-14(21)8-9-15(22)20(19)26)6-3-4-7-13-10-17(24)18(25)11-16(13)23/h8-12H,2-7H2,1H3. The summed E-state index contributed by atoms with van der Waals surface area (Å²) in [5.41, 5.74) is 1.99. The van der Waals surface area contributed by atoms with E-state index in [1.165, 1.54) is 0 Å². The molecule has 0 fully saturated rings. The summed E-state index contributed by atoms with van der Waals surface area (Å²) in [5.74, 6) is 0.294. The molecule has 6 heteroatoms. The maximum atomic E-state index is 6.43. The smallest absolute Gasteiger partial charge is 0.0641 e. The Balaban J connectivity index is 2.02. The number of unbranched alkanes of at least 4 members (excludes halogenated alkanes) is 1. The largest absolute Gasteiger partial charge is 0.0840 e. The first-order valence-electron chi connectivity index (χ1n) is 8.62. The van der Waals surface area contributed by atoms with Crippen molar-refractivity contribution in [3.05, 3.63) is 65.5 Å². The van der Waals surface area contributed by atoms with Crippen LogP contribution in [0.3, 0.4) is 0 Å². The molecule has 0 bridgehead atoms. The molecule has 142 valence electrons. The van der Waals surface area contributed by atoms with Crippen molar-refractivity contribution in [1.29, 1.82) is 0 Å². The van der Waals surface area contributed by atoms with Crippen molar-refractivity contribution in [2.24, 2.45) is 0 Å². The minimum Gasteiger partial charge on any atom is -0.0840 e. The first-order valence-corrected chi connectivity index (χ1v) is 10.9.